The lowest BCUT2D eigenvalue weighted by Crippen LogP contribution is -2.01. The van der Waals surface area contributed by atoms with E-state index in [1.807, 2.05) is 0 Å². The summed E-state index contributed by atoms with van der Waals surface area (Å²) in [7, 11) is 0. The molecule has 1 heterocycles. The fourth-order valence-corrected chi connectivity index (χ4v) is 1.68. The maximum Gasteiger partial charge on any atom is 0.339 e. The van der Waals surface area contributed by atoms with Crippen LogP contribution in [0.3, 0.4) is 0 Å². The van der Waals surface area contributed by atoms with Gasteiger partial charge in [0, 0.05) is 6.20 Å². The van der Waals surface area contributed by atoms with Crippen molar-refractivity contribution in [1.29, 1.82) is 0 Å². The molecule has 0 aliphatic heterocycles. The Morgan fingerprint density at radius 1 is 1.33 bits per heavy atom. The summed E-state index contributed by atoms with van der Waals surface area (Å²) in [6.07, 6.45) is 1.63. The van der Waals surface area contributed by atoms with Gasteiger partial charge in [-0.1, -0.05) is 17.7 Å². The fourth-order valence-electron chi connectivity index (χ4n) is 1.47. The fraction of sp³-hybridized carbons (Fsp3) is 0.0769. The van der Waals surface area contributed by atoms with E-state index in [9.17, 15) is 4.79 Å². The summed E-state index contributed by atoms with van der Waals surface area (Å²) < 4.78 is 5.56. The van der Waals surface area contributed by atoms with E-state index in [0.717, 1.165) is 0 Å². The Morgan fingerprint density at radius 2 is 2.11 bits per heavy atom. The Kier molecular flexibility index (Phi) is 3.48. The van der Waals surface area contributed by atoms with Crippen LogP contribution in [0.5, 0.6) is 11.5 Å². The van der Waals surface area contributed by atoms with Gasteiger partial charge in [-0.25, -0.2) is 4.79 Å². The molecular formula is C13H10ClNO3. The van der Waals surface area contributed by atoms with Gasteiger partial charge in [0.2, 0.25) is 0 Å². The van der Waals surface area contributed by atoms with Crippen LogP contribution in [0.1, 0.15) is 16.1 Å². The zero-order chi connectivity index (χ0) is 13.1. The maximum atomic E-state index is 11.1. The molecule has 0 aliphatic carbocycles. The van der Waals surface area contributed by atoms with Crippen molar-refractivity contribution in [1.82, 2.24) is 4.98 Å². The van der Waals surface area contributed by atoms with Crippen LogP contribution >= 0.6 is 11.6 Å². The van der Waals surface area contributed by atoms with E-state index < -0.39 is 5.97 Å². The molecule has 5 heteroatoms. The molecule has 0 fully saturated rings. The first-order valence-corrected chi connectivity index (χ1v) is 5.58. The van der Waals surface area contributed by atoms with Crippen LogP contribution in [0.25, 0.3) is 0 Å². The van der Waals surface area contributed by atoms with E-state index in [1.165, 1.54) is 6.07 Å². The SMILES string of the molecule is Cc1ncccc1Oc1c(Cl)cccc1C(=O)O. The van der Waals surface area contributed by atoms with E-state index in [0.29, 0.717) is 11.4 Å². The maximum absolute atomic E-state index is 11.1. The molecule has 1 N–H and O–H groups in total. The number of aromatic carboxylic acids is 1. The van der Waals surface area contributed by atoms with Gasteiger partial charge in [-0.15, -0.1) is 0 Å². The Hall–Kier alpha value is -2.07. The first-order valence-electron chi connectivity index (χ1n) is 5.21. The third-order valence-electron chi connectivity index (χ3n) is 2.37. The van der Waals surface area contributed by atoms with Crippen LogP contribution in [0.15, 0.2) is 36.5 Å². The van der Waals surface area contributed by atoms with E-state index in [-0.39, 0.29) is 16.3 Å². The lowest BCUT2D eigenvalue weighted by atomic mass is 10.2. The molecule has 0 bridgehead atoms. The van der Waals surface area contributed by atoms with Crippen LogP contribution in [0.2, 0.25) is 5.02 Å². The first kappa shape index (κ1) is 12.4. The quantitative estimate of drug-likeness (QED) is 0.920. The van der Waals surface area contributed by atoms with Gasteiger partial charge in [0.05, 0.1) is 10.7 Å². The van der Waals surface area contributed by atoms with Crippen molar-refractivity contribution in [3.63, 3.8) is 0 Å². The van der Waals surface area contributed by atoms with E-state index in [1.54, 1.807) is 37.4 Å². The number of benzene rings is 1. The number of carboxylic acid groups (broad SMARTS) is 1. The minimum atomic E-state index is -1.09. The second kappa shape index (κ2) is 5.06. The summed E-state index contributed by atoms with van der Waals surface area (Å²) >= 11 is 5.97. The van der Waals surface area contributed by atoms with Crippen molar-refractivity contribution in [3.8, 4) is 11.5 Å². The monoisotopic (exact) mass is 263 g/mol. The van der Waals surface area contributed by atoms with Crippen LogP contribution in [-0.4, -0.2) is 16.1 Å². The smallest absolute Gasteiger partial charge is 0.339 e. The Labute approximate surface area is 109 Å². The van der Waals surface area contributed by atoms with Crippen LogP contribution in [-0.2, 0) is 0 Å². The van der Waals surface area contributed by atoms with E-state index in [2.05, 4.69) is 4.98 Å². The van der Waals surface area contributed by atoms with Gasteiger partial charge in [0.15, 0.2) is 5.75 Å². The second-order valence-corrected chi connectivity index (χ2v) is 4.02. The van der Waals surface area contributed by atoms with Gasteiger partial charge in [-0.2, -0.15) is 0 Å². The lowest BCUT2D eigenvalue weighted by Gasteiger charge is -2.11. The molecule has 0 unspecified atom stereocenters. The summed E-state index contributed by atoms with van der Waals surface area (Å²) in [6.45, 7) is 1.77. The molecule has 0 saturated carbocycles. The Balaban J connectivity index is 2.46. The highest BCUT2D eigenvalue weighted by molar-refractivity contribution is 6.32. The van der Waals surface area contributed by atoms with Crippen molar-refractivity contribution >= 4 is 17.6 Å². The van der Waals surface area contributed by atoms with Crippen LogP contribution in [0.4, 0.5) is 0 Å². The highest BCUT2D eigenvalue weighted by atomic mass is 35.5. The number of aromatic nitrogens is 1. The number of hydrogen-bond donors (Lipinski definition) is 1. The molecule has 0 radical (unpaired) electrons. The molecular weight excluding hydrogens is 254 g/mol. The van der Waals surface area contributed by atoms with Gasteiger partial charge >= 0.3 is 5.97 Å². The van der Waals surface area contributed by atoms with E-state index in [4.69, 9.17) is 21.4 Å². The predicted octanol–water partition coefficient (Wildman–Crippen LogP) is 3.53. The number of halogens is 1. The minimum absolute atomic E-state index is 0.0192. The zero-order valence-corrected chi connectivity index (χ0v) is 10.3. The minimum Gasteiger partial charge on any atom is -0.478 e. The molecule has 2 rings (SSSR count). The van der Waals surface area contributed by atoms with E-state index >= 15 is 0 Å². The number of carboxylic acids is 1. The largest absolute Gasteiger partial charge is 0.478 e. The number of rotatable bonds is 3. The summed E-state index contributed by atoms with van der Waals surface area (Å²) in [5.74, 6) is -0.482. The normalized spacial score (nSPS) is 10.1. The lowest BCUT2D eigenvalue weighted by molar-refractivity contribution is 0.0694. The summed E-state index contributed by atoms with van der Waals surface area (Å²) in [4.78, 5) is 15.2. The number of carbonyl (C=O) groups is 1. The number of pyridine rings is 1. The topological polar surface area (TPSA) is 59.4 Å². The average Bonchev–Trinajstić information content (AvgIpc) is 2.34. The van der Waals surface area contributed by atoms with Crippen molar-refractivity contribution in [2.75, 3.05) is 0 Å². The predicted molar refractivity (Wildman–Crippen MR) is 67.5 cm³/mol. The Bertz CT molecular complexity index is 599. The molecule has 2 aromatic rings. The molecule has 92 valence electrons. The van der Waals surface area contributed by atoms with Gasteiger partial charge in [-0.3, -0.25) is 4.98 Å². The average molecular weight is 264 g/mol. The number of aryl methyl sites for hydroxylation is 1. The van der Waals surface area contributed by atoms with Crippen LogP contribution in [0, 0.1) is 6.92 Å². The zero-order valence-electron chi connectivity index (χ0n) is 9.55. The molecule has 1 aromatic heterocycles. The molecule has 4 nitrogen and oxygen atoms in total. The van der Waals surface area contributed by atoms with Gasteiger partial charge < -0.3 is 9.84 Å². The van der Waals surface area contributed by atoms with Crippen molar-refractivity contribution in [2.45, 2.75) is 6.92 Å². The molecule has 1 aromatic carbocycles. The molecule has 0 atom stereocenters. The third kappa shape index (κ3) is 2.43. The molecule has 0 amide bonds. The first-order chi connectivity index (χ1) is 8.59. The second-order valence-electron chi connectivity index (χ2n) is 3.61. The van der Waals surface area contributed by atoms with Gasteiger partial charge in [0.25, 0.3) is 0 Å². The molecule has 18 heavy (non-hydrogen) atoms. The molecule has 0 spiro atoms. The summed E-state index contributed by atoms with van der Waals surface area (Å²) in [6, 6.07) is 8.00. The van der Waals surface area contributed by atoms with Gasteiger partial charge in [0.1, 0.15) is 11.3 Å². The summed E-state index contributed by atoms with van der Waals surface area (Å²) in [5, 5.41) is 9.33. The standard InChI is InChI=1S/C13H10ClNO3/c1-8-11(6-3-7-15-8)18-12-9(13(16)17)4-2-5-10(12)14/h2-7H,1H3,(H,16,17). The number of hydrogen-bond acceptors (Lipinski definition) is 3. The number of para-hydroxylation sites is 1. The highest BCUT2D eigenvalue weighted by Gasteiger charge is 2.16. The molecule has 0 aliphatic rings. The van der Waals surface area contributed by atoms with Crippen molar-refractivity contribution < 1.29 is 14.6 Å². The van der Waals surface area contributed by atoms with Gasteiger partial charge in [-0.05, 0) is 31.2 Å². The highest BCUT2D eigenvalue weighted by Crippen LogP contribution is 2.33. The number of ether oxygens (including phenoxy) is 1. The third-order valence-corrected chi connectivity index (χ3v) is 2.67. The van der Waals surface area contributed by atoms with Crippen LogP contribution < -0.4 is 4.74 Å². The number of nitrogens with zero attached hydrogens (tertiary/aromatic N) is 1. The van der Waals surface area contributed by atoms with Crippen molar-refractivity contribution in [3.05, 3.63) is 52.8 Å². The van der Waals surface area contributed by atoms with Crippen molar-refractivity contribution in [2.24, 2.45) is 0 Å². The Morgan fingerprint density at radius 3 is 2.78 bits per heavy atom. The summed E-state index contributed by atoms with van der Waals surface area (Å²) in [5.41, 5.74) is 0.680. The molecule has 0 saturated heterocycles.